The number of nitrogens with one attached hydrogen (secondary N) is 1. The Morgan fingerprint density at radius 2 is 2.06 bits per heavy atom. The van der Waals surface area contributed by atoms with Gasteiger partial charge in [-0.1, -0.05) is 6.07 Å². The zero-order chi connectivity index (χ0) is 13.8. The van der Waals surface area contributed by atoms with Gasteiger partial charge in [-0.2, -0.15) is 0 Å². The number of benzene rings is 1. The second-order valence-electron chi connectivity index (χ2n) is 5.07. The normalized spacial score (nSPS) is 11.2. The van der Waals surface area contributed by atoms with Gasteiger partial charge in [-0.15, -0.1) is 0 Å². The van der Waals surface area contributed by atoms with E-state index in [1.54, 1.807) is 6.07 Å². The van der Waals surface area contributed by atoms with Crippen LogP contribution in [0.5, 0.6) is 0 Å². The molecule has 1 rings (SSSR count). The summed E-state index contributed by atoms with van der Waals surface area (Å²) in [4.78, 5) is 11.5. The zero-order valence-electron chi connectivity index (χ0n) is 10.9. The third kappa shape index (κ3) is 4.71. The van der Waals surface area contributed by atoms with Gasteiger partial charge in [-0.05, 0) is 44.0 Å². The average molecular weight is 254 g/mol. The highest BCUT2D eigenvalue weighted by Crippen LogP contribution is 2.12. The Balaban J connectivity index is 2.61. The lowest BCUT2D eigenvalue weighted by Gasteiger charge is -2.20. The molecule has 0 saturated carbocycles. The van der Waals surface area contributed by atoms with Crippen LogP contribution in [0.1, 0.15) is 31.9 Å². The molecular weight excluding hydrogens is 235 g/mol. The van der Waals surface area contributed by atoms with Gasteiger partial charge in [-0.3, -0.25) is 0 Å². The predicted molar refractivity (Wildman–Crippen MR) is 67.4 cm³/mol. The van der Waals surface area contributed by atoms with Gasteiger partial charge in [0.2, 0.25) is 0 Å². The van der Waals surface area contributed by atoms with E-state index < -0.39 is 6.09 Å². The number of nitrogens with two attached hydrogens (primary N) is 1. The van der Waals surface area contributed by atoms with Gasteiger partial charge in [0, 0.05) is 12.1 Å². The highest BCUT2D eigenvalue weighted by atomic mass is 19.1. The lowest BCUT2D eigenvalue weighted by Crippen LogP contribution is -2.40. The highest BCUT2D eigenvalue weighted by Gasteiger charge is 2.15. The molecule has 1 aromatic carbocycles. The first-order valence-corrected chi connectivity index (χ1v) is 5.74. The fourth-order valence-corrected chi connectivity index (χ4v) is 1.41. The predicted octanol–water partition coefficient (Wildman–Crippen LogP) is 2.31. The number of amides is 1. The SMILES string of the molecule is CC(C)(C)NC(=O)OCc1ccc(F)cc1CN. The van der Waals surface area contributed by atoms with Crippen molar-refractivity contribution in [2.75, 3.05) is 0 Å². The van der Waals surface area contributed by atoms with Crippen molar-refractivity contribution in [3.8, 4) is 0 Å². The van der Waals surface area contributed by atoms with Crippen LogP contribution in [0.4, 0.5) is 9.18 Å². The smallest absolute Gasteiger partial charge is 0.407 e. The molecule has 5 heteroatoms. The van der Waals surface area contributed by atoms with Crippen molar-refractivity contribution < 1.29 is 13.9 Å². The number of rotatable bonds is 3. The van der Waals surface area contributed by atoms with E-state index in [4.69, 9.17) is 10.5 Å². The maximum absolute atomic E-state index is 13.0. The molecule has 0 bridgehead atoms. The van der Waals surface area contributed by atoms with Gasteiger partial charge in [0.1, 0.15) is 12.4 Å². The van der Waals surface area contributed by atoms with Crippen LogP contribution in [0.2, 0.25) is 0 Å². The summed E-state index contributed by atoms with van der Waals surface area (Å²) in [5.74, 6) is -0.349. The van der Waals surface area contributed by atoms with Gasteiger partial charge < -0.3 is 15.8 Å². The van der Waals surface area contributed by atoms with E-state index in [1.807, 2.05) is 20.8 Å². The third-order valence-electron chi connectivity index (χ3n) is 2.22. The Morgan fingerprint density at radius 1 is 1.39 bits per heavy atom. The van der Waals surface area contributed by atoms with E-state index in [-0.39, 0.29) is 24.5 Å². The number of hydrogen-bond donors (Lipinski definition) is 2. The topological polar surface area (TPSA) is 64.3 Å². The first-order chi connectivity index (χ1) is 8.31. The van der Waals surface area contributed by atoms with Crippen LogP contribution < -0.4 is 11.1 Å². The fourth-order valence-electron chi connectivity index (χ4n) is 1.41. The van der Waals surface area contributed by atoms with E-state index in [0.29, 0.717) is 11.1 Å². The minimum atomic E-state index is -0.505. The molecule has 1 aromatic rings. The molecule has 0 aromatic heterocycles. The van der Waals surface area contributed by atoms with E-state index in [1.165, 1.54) is 12.1 Å². The molecule has 3 N–H and O–H groups in total. The van der Waals surface area contributed by atoms with Crippen LogP contribution in [0.15, 0.2) is 18.2 Å². The molecule has 0 heterocycles. The summed E-state index contributed by atoms with van der Waals surface area (Å²) in [5, 5.41) is 2.67. The van der Waals surface area contributed by atoms with Gasteiger partial charge in [0.15, 0.2) is 0 Å². The number of carbonyl (C=O) groups is 1. The number of hydrogen-bond acceptors (Lipinski definition) is 3. The lowest BCUT2D eigenvalue weighted by molar-refractivity contribution is 0.131. The van der Waals surface area contributed by atoms with Crippen LogP contribution in [0.3, 0.4) is 0 Å². The summed E-state index contributed by atoms with van der Waals surface area (Å²) in [6, 6.07) is 4.24. The van der Waals surface area contributed by atoms with Crippen molar-refractivity contribution in [1.29, 1.82) is 0 Å². The molecule has 0 saturated heterocycles. The molecule has 0 fully saturated rings. The van der Waals surface area contributed by atoms with E-state index in [0.717, 1.165) is 0 Å². The fraction of sp³-hybridized carbons (Fsp3) is 0.462. The van der Waals surface area contributed by atoms with Gasteiger partial charge in [-0.25, -0.2) is 9.18 Å². The number of halogens is 1. The minimum absolute atomic E-state index is 0.0781. The molecule has 4 nitrogen and oxygen atoms in total. The van der Waals surface area contributed by atoms with E-state index in [9.17, 15) is 9.18 Å². The van der Waals surface area contributed by atoms with E-state index in [2.05, 4.69) is 5.32 Å². The lowest BCUT2D eigenvalue weighted by atomic mass is 10.1. The van der Waals surface area contributed by atoms with Crippen LogP contribution in [-0.2, 0) is 17.9 Å². The first kappa shape index (κ1) is 14.4. The number of alkyl carbamates (subject to hydrolysis) is 1. The molecule has 0 atom stereocenters. The second kappa shape index (κ2) is 5.82. The Labute approximate surface area is 106 Å². The third-order valence-corrected chi connectivity index (χ3v) is 2.22. The summed E-state index contributed by atoms with van der Waals surface area (Å²) in [5.41, 5.74) is 6.50. The summed E-state index contributed by atoms with van der Waals surface area (Å²) >= 11 is 0. The van der Waals surface area contributed by atoms with E-state index >= 15 is 0 Å². The largest absolute Gasteiger partial charge is 0.445 e. The molecule has 100 valence electrons. The van der Waals surface area contributed by atoms with Gasteiger partial charge in [0.05, 0.1) is 0 Å². The van der Waals surface area contributed by atoms with Crippen molar-refractivity contribution in [2.45, 2.75) is 39.5 Å². The first-order valence-electron chi connectivity index (χ1n) is 5.74. The van der Waals surface area contributed by atoms with Crippen molar-refractivity contribution >= 4 is 6.09 Å². The summed E-state index contributed by atoms with van der Waals surface area (Å²) in [6.45, 7) is 5.86. The monoisotopic (exact) mass is 254 g/mol. The molecule has 0 radical (unpaired) electrons. The molecule has 1 amide bonds. The Kier molecular flexibility index (Phi) is 4.67. The Bertz CT molecular complexity index is 427. The summed E-state index contributed by atoms with van der Waals surface area (Å²) in [7, 11) is 0. The van der Waals surface area contributed by atoms with Crippen molar-refractivity contribution in [2.24, 2.45) is 5.73 Å². The zero-order valence-corrected chi connectivity index (χ0v) is 10.9. The van der Waals surface area contributed by atoms with Gasteiger partial charge in [0.25, 0.3) is 0 Å². The Morgan fingerprint density at radius 3 is 2.61 bits per heavy atom. The molecule has 0 aliphatic rings. The standard InChI is InChI=1S/C13H19FN2O2/c1-13(2,3)16-12(17)18-8-9-4-5-11(14)6-10(9)7-15/h4-6H,7-8,15H2,1-3H3,(H,16,17). The van der Waals surface area contributed by atoms with Gasteiger partial charge >= 0.3 is 6.09 Å². The summed E-state index contributed by atoms with van der Waals surface area (Å²) < 4.78 is 18.0. The number of carbonyl (C=O) groups excluding carboxylic acids is 1. The maximum atomic E-state index is 13.0. The average Bonchev–Trinajstić information content (AvgIpc) is 2.24. The molecule has 0 spiro atoms. The van der Waals surface area contributed by atoms with Crippen LogP contribution in [0.25, 0.3) is 0 Å². The van der Waals surface area contributed by atoms with Crippen molar-refractivity contribution in [3.05, 3.63) is 35.1 Å². The van der Waals surface area contributed by atoms with Crippen LogP contribution in [-0.4, -0.2) is 11.6 Å². The van der Waals surface area contributed by atoms with Crippen LogP contribution >= 0.6 is 0 Å². The Hall–Kier alpha value is -1.62. The minimum Gasteiger partial charge on any atom is -0.445 e. The summed E-state index contributed by atoms with van der Waals surface area (Å²) in [6.07, 6.45) is -0.505. The number of ether oxygens (including phenoxy) is 1. The highest BCUT2D eigenvalue weighted by molar-refractivity contribution is 5.68. The molecule has 0 unspecified atom stereocenters. The molecular formula is C13H19FN2O2. The maximum Gasteiger partial charge on any atom is 0.407 e. The quantitative estimate of drug-likeness (QED) is 0.870. The molecule has 0 aliphatic carbocycles. The van der Waals surface area contributed by atoms with Crippen molar-refractivity contribution in [1.82, 2.24) is 5.32 Å². The molecule has 18 heavy (non-hydrogen) atoms. The van der Waals surface area contributed by atoms with Crippen LogP contribution in [0, 0.1) is 5.82 Å². The molecule has 0 aliphatic heterocycles. The van der Waals surface area contributed by atoms with Crippen molar-refractivity contribution in [3.63, 3.8) is 0 Å². The second-order valence-corrected chi connectivity index (χ2v) is 5.07.